The summed E-state index contributed by atoms with van der Waals surface area (Å²) in [5.41, 5.74) is 5.28. The maximum absolute atomic E-state index is 10.8. The molecule has 1 aliphatic heterocycles. The Morgan fingerprint density at radius 3 is 1.43 bits per heavy atom. The van der Waals surface area contributed by atoms with Gasteiger partial charge in [0.15, 0.2) is 17.5 Å². The van der Waals surface area contributed by atoms with Crippen molar-refractivity contribution in [2.24, 2.45) is 0 Å². The third kappa shape index (κ3) is 7.82. The lowest BCUT2D eigenvalue weighted by atomic mass is 9.73. The molecule has 0 saturated carbocycles. The first-order valence-corrected chi connectivity index (χ1v) is 18.4. The van der Waals surface area contributed by atoms with Crippen LogP contribution >= 0.6 is 0 Å². The normalized spacial score (nSPS) is 15.3. The fourth-order valence-electron chi connectivity index (χ4n) is 6.05. The quantitative estimate of drug-likeness (QED) is 0.143. The van der Waals surface area contributed by atoms with Crippen molar-refractivity contribution in [2.75, 3.05) is 0 Å². The smallest absolute Gasteiger partial charge is 0.427 e. The maximum atomic E-state index is 10.8. The molecule has 1 radical (unpaired) electrons. The van der Waals surface area contributed by atoms with E-state index in [9.17, 15) is 5.11 Å². The van der Waals surface area contributed by atoms with E-state index < -0.39 is 29.5 Å². The van der Waals surface area contributed by atoms with Gasteiger partial charge in [0.1, 0.15) is 0 Å². The van der Waals surface area contributed by atoms with Crippen LogP contribution in [0.1, 0.15) is 55.4 Å². The van der Waals surface area contributed by atoms with Crippen LogP contribution in [0.15, 0.2) is 127 Å². The van der Waals surface area contributed by atoms with Crippen molar-refractivity contribution >= 4 is 25.5 Å². The Morgan fingerprint density at radius 1 is 0.537 bits per heavy atom. The summed E-state index contributed by atoms with van der Waals surface area (Å²) in [6, 6.07) is 43.1. The molecule has 5 aromatic carbocycles. The van der Waals surface area contributed by atoms with Crippen LogP contribution in [0.4, 0.5) is 0 Å². The van der Waals surface area contributed by atoms with Gasteiger partial charge in [0.25, 0.3) is 0 Å². The molecule has 7 rings (SSSR count). The van der Waals surface area contributed by atoms with Gasteiger partial charge in [0.05, 0.1) is 22.4 Å². The average molecular weight is 715 g/mol. The zero-order chi connectivity index (χ0) is 38.3. The standard InChI is InChI=1S/C45H46B2N3O4/c1-42(2,51)43(3,4)52-46-37-27-36(28-38(29-37)47-53-44(5,6)45(7,8)54-47)41-49-39(34-23-15-21-32(25-34)30-17-11-9-12-18-30)48-40(50-41)35-24-16-22-33(26-35)31-19-13-10-14-20-31/h9-29,51H,1-8H3. The van der Waals surface area contributed by atoms with E-state index in [2.05, 4.69) is 48.5 Å². The van der Waals surface area contributed by atoms with Crippen LogP contribution in [-0.2, 0) is 14.0 Å². The number of nitrogens with zero attached hydrogens (tertiary/aromatic N) is 3. The van der Waals surface area contributed by atoms with E-state index in [1.807, 2.05) is 120 Å². The summed E-state index contributed by atoms with van der Waals surface area (Å²) < 4.78 is 19.3. The van der Waals surface area contributed by atoms with Crippen LogP contribution in [0.3, 0.4) is 0 Å². The van der Waals surface area contributed by atoms with Crippen molar-refractivity contribution in [1.82, 2.24) is 15.0 Å². The molecule has 7 nitrogen and oxygen atoms in total. The molecule has 6 aromatic rings. The monoisotopic (exact) mass is 714 g/mol. The Morgan fingerprint density at radius 2 is 0.963 bits per heavy atom. The van der Waals surface area contributed by atoms with Gasteiger partial charge >= 0.3 is 14.6 Å². The first-order chi connectivity index (χ1) is 25.6. The van der Waals surface area contributed by atoms with Crippen LogP contribution in [0.25, 0.3) is 56.4 Å². The summed E-state index contributed by atoms with van der Waals surface area (Å²) >= 11 is 0. The van der Waals surface area contributed by atoms with Crippen molar-refractivity contribution in [3.05, 3.63) is 127 Å². The molecule has 1 aromatic heterocycles. The first-order valence-electron chi connectivity index (χ1n) is 18.4. The van der Waals surface area contributed by atoms with Gasteiger partial charge < -0.3 is 19.1 Å². The molecule has 0 atom stereocenters. The number of rotatable bonds is 10. The summed E-state index contributed by atoms with van der Waals surface area (Å²) in [6.07, 6.45) is 0. The van der Waals surface area contributed by atoms with Gasteiger partial charge in [-0.15, -0.1) is 0 Å². The lowest BCUT2D eigenvalue weighted by Gasteiger charge is -2.37. The third-order valence-corrected chi connectivity index (χ3v) is 10.8. The first kappa shape index (κ1) is 37.4. The summed E-state index contributed by atoms with van der Waals surface area (Å²) in [7, 11) is 1.03. The fraction of sp³-hybridized carbons (Fsp3) is 0.267. The summed E-state index contributed by atoms with van der Waals surface area (Å²) in [4.78, 5) is 15.4. The molecule has 0 spiro atoms. The largest absolute Gasteiger partial charge is 0.494 e. The number of benzene rings is 5. The Hall–Kier alpha value is -4.92. The van der Waals surface area contributed by atoms with E-state index in [0.29, 0.717) is 17.5 Å². The van der Waals surface area contributed by atoms with Gasteiger partial charge in [-0.25, -0.2) is 15.0 Å². The second-order valence-corrected chi connectivity index (χ2v) is 16.0. The van der Waals surface area contributed by atoms with Crippen LogP contribution in [0.2, 0.25) is 0 Å². The highest BCUT2D eigenvalue weighted by Gasteiger charge is 2.52. The van der Waals surface area contributed by atoms with Gasteiger partial charge in [0.2, 0.25) is 0 Å². The topological polar surface area (TPSA) is 86.6 Å². The van der Waals surface area contributed by atoms with Gasteiger partial charge in [-0.3, -0.25) is 0 Å². The Bertz CT molecular complexity index is 2150. The molecule has 0 bridgehead atoms. The highest BCUT2D eigenvalue weighted by Crippen LogP contribution is 2.37. The minimum atomic E-state index is -1.10. The Labute approximate surface area is 320 Å². The molecule has 0 unspecified atom stereocenters. The number of hydrogen-bond donors (Lipinski definition) is 1. The molecule has 54 heavy (non-hydrogen) atoms. The minimum absolute atomic E-state index is 0.486. The molecule has 0 amide bonds. The summed E-state index contributed by atoms with van der Waals surface area (Å²) in [5.74, 6) is 1.58. The van der Waals surface area contributed by atoms with E-state index in [-0.39, 0.29) is 0 Å². The lowest BCUT2D eigenvalue weighted by molar-refractivity contribution is -0.0893. The van der Waals surface area contributed by atoms with Crippen molar-refractivity contribution in [1.29, 1.82) is 0 Å². The second-order valence-electron chi connectivity index (χ2n) is 16.0. The molecular formula is C45H46B2N3O4. The molecule has 1 saturated heterocycles. The van der Waals surface area contributed by atoms with E-state index in [0.717, 1.165) is 49.9 Å². The predicted molar refractivity (Wildman–Crippen MR) is 220 cm³/mol. The molecule has 1 aliphatic rings. The number of aliphatic hydroxyl groups is 1. The third-order valence-electron chi connectivity index (χ3n) is 10.8. The maximum Gasteiger partial charge on any atom is 0.494 e. The predicted octanol–water partition coefficient (Wildman–Crippen LogP) is 8.32. The van der Waals surface area contributed by atoms with Gasteiger partial charge in [-0.05, 0) is 95.2 Å². The Balaban J connectivity index is 1.39. The zero-order valence-corrected chi connectivity index (χ0v) is 32.3. The fourth-order valence-corrected chi connectivity index (χ4v) is 6.05. The van der Waals surface area contributed by atoms with E-state index in [1.165, 1.54) is 0 Å². The van der Waals surface area contributed by atoms with Crippen LogP contribution in [0, 0.1) is 0 Å². The highest BCUT2D eigenvalue weighted by atomic mass is 16.7. The highest BCUT2D eigenvalue weighted by molar-refractivity contribution is 6.63. The summed E-state index contributed by atoms with van der Waals surface area (Å²) in [6.45, 7) is 15.3. The number of hydrogen-bond acceptors (Lipinski definition) is 7. The van der Waals surface area contributed by atoms with Gasteiger partial charge in [0, 0.05) is 16.7 Å². The van der Waals surface area contributed by atoms with Crippen molar-refractivity contribution < 1.29 is 19.1 Å². The molecule has 271 valence electrons. The van der Waals surface area contributed by atoms with Gasteiger partial charge in [-0.2, -0.15) is 0 Å². The minimum Gasteiger partial charge on any atom is -0.427 e. The van der Waals surface area contributed by atoms with Crippen molar-refractivity contribution in [3.63, 3.8) is 0 Å². The molecule has 9 heteroatoms. The van der Waals surface area contributed by atoms with E-state index in [1.54, 1.807) is 21.3 Å². The van der Waals surface area contributed by atoms with Gasteiger partial charge in [-0.1, -0.05) is 121 Å². The van der Waals surface area contributed by atoms with Crippen molar-refractivity contribution in [3.8, 4) is 56.4 Å². The molecule has 0 aliphatic carbocycles. The van der Waals surface area contributed by atoms with Crippen molar-refractivity contribution in [2.45, 2.75) is 77.8 Å². The van der Waals surface area contributed by atoms with E-state index >= 15 is 0 Å². The second kappa shape index (κ2) is 14.4. The number of aromatic nitrogens is 3. The zero-order valence-electron chi connectivity index (χ0n) is 32.3. The lowest BCUT2D eigenvalue weighted by Crippen LogP contribution is -2.49. The van der Waals surface area contributed by atoms with E-state index in [4.69, 9.17) is 28.9 Å². The van der Waals surface area contributed by atoms with Crippen LogP contribution in [-0.4, -0.2) is 57.1 Å². The molecule has 1 N–H and O–H groups in total. The van der Waals surface area contributed by atoms with Crippen LogP contribution < -0.4 is 10.9 Å². The molecule has 2 heterocycles. The molecule has 1 fully saturated rings. The summed E-state index contributed by atoms with van der Waals surface area (Å²) in [5, 5.41) is 10.8. The van der Waals surface area contributed by atoms with Crippen LogP contribution in [0.5, 0.6) is 0 Å². The SMILES string of the molecule is CC(C)(O)C(C)(C)O[B]c1cc(B2OC(C)(C)C(C)(C)O2)cc(-c2nc(-c3cccc(-c4ccccc4)c3)nc(-c3cccc(-c4ccccc4)c3)n2)c1. The average Bonchev–Trinajstić information content (AvgIpc) is 3.39. The Kier molecular flexibility index (Phi) is 9.96. The molecular weight excluding hydrogens is 668 g/mol.